The number of pyridine rings is 1. The average Bonchev–Trinajstić information content (AvgIpc) is 2.81. The van der Waals surface area contributed by atoms with Crippen LogP contribution in [-0.4, -0.2) is 21.0 Å². The largest absolute Gasteiger partial charge is 0.478 e. The van der Waals surface area contributed by atoms with E-state index < -0.39 is 5.97 Å². The van der Waals surface area contributed by atoms with Crippen molar-refractivity contribution >= 4 is 27.8 Å². The first-order valence-corrected chi connectivity index (χ1v) is 6.27. The van der Waals surface area contributed by atoms with Gasteiger partial charge in [-0.1, -0.05) is 24.3 Å². The molecule has 0 saturated heterocycles. The summed E-state index contributed by atoms with van der Waals surface area (Å²) in [5.74, 6) is -0.931. The summed E-state index contributed by atoms with van der Waals surface area (Å²) in [5.41, 5.74) is 3.72. The van der Waals surface area contributed by atoms with Crippen LogP contribution in [0, 0.1) is 0 Å². The van der Waals surface area contributed by atoms with E-state index in [2.05, 4.69) is 9.97 Å². The third-order valence-electron chi connectivity index (χ3n) is 3.55. The summed E-state index contributed by atoms with van der Waals surface area (Å²) in [7, 11) is 0. The predicted molar refractivity (Wildman–Crippen MR) is 77.2 cm³/mol. The average molecular weight is 262 g/mol. The Morgan fingerprint density at radius 3 is 2.75 bits per heavy atom. The number of aromatic amines is 1. The summed E-state index contributed by atoms with van der Waals surface area (Å²) < 4.78 is 0. The number of carbonyl (C=O) groups is 1. The van der Waals surface area contributed by atoms with E-state index >= 15 is 0 Å². The van der Waals surface area contributed by atoms with E-state index in [1.807, 2.05) is 36.4 Å². The number of nitrogens with zero attached hydrogens (tertiary/aromatic N) is 1. The van der Waals surface area contributed by atoms with Crippen molar-refractivity contribution in [3.05, 3.63) is 54.1 Å². The third-order valence-corrected chi connectivity index (χ3v) is 3.55. The van der Waals surface area contributed by atoms with Gasteiger partial charge in [0.25, 0.3) is 0 Å². The van der Waals surface area contributed by atoms with Gasteiger partial charge >= 0.3 is 5.97 Å². The molecule has 0 aliphatic carbocycles. The highest BCUT2D eigenvalue weighted by molar-refractivity contribution is 6.06. The van der Waals surface area contributed by atoms with E-state index in [0.717, 1.165) is 27.8 Å². The van der Waals surface area contributed by atoms with Crippen molar-refractivity contribution in [2.45, 2.75) is 0 Å². The molecule has 2 N–H and O–H groups in total. The Labute approximate surface area is 114 Å². The van der Waals surface area contributed by atoms with Gasteiger partial charge in [0.1, 0.15) is 0 Å². The molecular formula is C16H10N2O2. The molecule has 96 valence electrons. The normalized spacial score (nSPS) is 11.4. The molecule has 0 amide bonds. The molecule has 2 aromatic rings. The minimum Gasteiger partial charge on any atom is -0.478 e. The van der Waals surface area contributed by atoms with Crippen molar-refractivity contribution in [1.82, 2.24) is 9.97 Å². The van der Waals surface area contributed by atoms with Gasteiger partial charge in [0.2, 0.25) is 0 Å². The standard InChI is InChI=1S/C16H10N2O2/c19-16(20)9-5-3-7-13-11(9)8-14-15(18-13)10-4-1-2-6-12(10)17-14/h1-8,18H,(H,19,20). The third kappa shape index (κ3) is 1.42. The zero-order valence-electron chi connectivity index (χ0n) is 10.4. The Hall–Kier alpha value is -2.88. The molecule has 2 aliphatic rings. The summed E-state index contributed by atoms with van der Waals surface area (Å²) >= 11 is 0. The van der Waals surface area contributed by atoms with Crippen molar-refractivity contribution in [3.63, 3.8) is 0 Å². The first-order chi connectivity index (χ1) is 9.74. The van der Waals surface area contributed by atoms with Crippen LogP contribution in [0.1, 0.15) is 10.4 Å². The van der Waals surface area contributed by atoms with Gasteiger partial charge in [0.15, 0.2) is 0 Å². The van der Waals surface area contributed by atoms with E-state index in [1.165, 1.54) is 0 Å². The number of carboxylic acid groups (broad SMARTS) is 1. The molecule has 2 heterocycles. The number of hydrogen-bond donors (Lipinski definition) is 2. The van der Waals surface area contributed by atoms with E-state index in [9.17, 15) is 9.90 Å². The van der Waals surface area contributed by atoms with Crippen LogP contribution in [0.3, 0.4) is 0 Å². The summed E-state index contributed by atoms with van der Waals surface area (Å²) in [6.45, 7) is 0. The van der Waals surface area contributed by atoms with Crippen molar-refractivity contribution in [3.8, 4) is 11.4 Å². The Balaban J connectivity index is 2.19. The number of para-hydroxylation sites is 1. The van der Waals surface area contributed by atoms with Gasteiger partial charge < -0.3 is 10.1 Å². The fraction of sp³-hybridized carbons (Fsp3) is 0. The molecular weight excluding hydrogens is 252 g/mol. The lowest BCUT2D eigenvalue weighted by Crippen LogP contribution is -1.98. The van der Waals surface area contributed by atoms with E-state index in [4.69, 9.17) is 0 Å². The Kier molecular flexibility index (Phi) is 2.09. The maximum Gasteiger partial charge on any atom is 0.336 e. The first-order valence-electron chi connectivity index (χ1n) is 6.27. The number of hydrogen-bond acceptors (Lipinski definition) is 2. The minimum absolute atomic E-state index is 0.285. The maximum atomic E-state index is 11.3. The number of aromatic carboxylic acids is 1. The second kappa shape index (κ2) is 3.81. The molecule has 0 bridgehead atoms. The van der Waals surface area contributed by atoms with Crippen LogP contribution in [0.25, 0.3) is 33.2 Å². The fourth-order valence-corrected chi connectivity index (χ4v) is 2.63. The number of nitrogens with one attached hydrogen (secondary N) is 1. The minimum atomic E-state index is -0.931. The number of benzene rings is 2. The summed E-state index contributed by atoms with van der Waals surface area (Å²) in [5, 5.41) is 11.0. The van der Waals surface area contributed by atoms with E-state index in [1.54, 1.807) is 12.1 Å². The molecule has 2 aliphatic heterocycles. The summed E-state index contributed by atoms with van der Waals surface area (Å²) in [6.07, 6.45) is 0. The Morgan fingerprint density at radius 2 is 1.90 bits per heavy atom. The first kappa shape index (κ1) is 11.0. The molecule has 2 aromatic carbocycles. The van der Waals surface area contributed by atoms with Crippen LogP contribution >= 0.6 is 0 Å². The lowest BCUT2D eigenvalue weighted by Gasteiger charge is -2.06. The quantitative estimate of drug-likeness (QED) is 0.551. The SMILES string of the molecule is O=C(O)c1cccc2[nH]c3c4ccccc4nc-3cc12. The number of fused-ring (bicyclic) bond motifs is 4. The van der Waals surface area contributed by atoms with Crippen LogP contribution in [-0.2, 0) is 0 Å². The maximum absolute atomic E-state index is 11.3. The smallest absolute Gasteiger partial charge is 0.336 e. The van der Waals surface area contributed by atoms with E-state index in [-0.39, 0.29) is 5.56 Å². The zero-order valence-corrected chi connectivity index (χ0v) is 10.4. The summed E-state index contributed by atoms with van der Waals surface area (Å²) in [4.78, 5) is 19.1. The highest BCUT2D eigenvalue weighted by atomic mass is 16.4. The van der Waals surface area contributed by atoms with Gasteiger partial charge in [-0.2, -0.15) is 0 Å². The number of rotatable bonds is 1. The summed E-state index contributed by atoms with van der Waals surface area (Å²) in [6, 6.07) is 14.9. The van der Waals surface area contributed by atoms with Crippen molar-refractivity contribution < 1.29 is 9.90 Å². The van der Waals surface area contributed by atoms with Gasteiger partial charge in [-0.15, -0.1) is 0 Å². The van der Waals surface area contributed by atoms with Crippen LogP contribution in [0.4, 0.5) is 0 Å². The fourth-order valence-electron chi connectivity index (χ4n) is 2.63. The topological polar surface area (TPSA) is 66.0 Å². The lowest BCUT2D eigenvalue weighted by molar-refractivity contribution is 0.0699. The van der Waals surface area contributed by atoms with Gasteiger partial charge in [0, 0.05) is 16.3 Å². The van der Waals surface area contributed by atoms with Crippen LogP contribution in [0.15, 0.2) is 48.5 Å². The molecule has 0 fully saturated rings. The zero-order chi connectivity index (χ0) is 13.7. The molecule has 0 radical (unpaired) electrons. The molecule has 0 atom stereocenters. The number of carboxylic acids is 1. The van der Waals surface area contributed by atoms with Gasteiger partial charge in [-0.05, 0) is 24.3 Å². The van der Waals surface area contributed by atoms with Crippen molar-refractivity contribution in [1.29, 1.82) is 0 Å². The van der Waals surface area contributed by atoms with Gasteiger partial charge in [-0.3, -0.25) is 0 Å². The van der Waals surface area contributed by atoms with Crippen LogP contribution < -0.4 is 0 Å². The predicted octanol–water partition coefficient (Wildman–Crippen LogP) is 3.52. The second-order valence-corrected chi connectivity index (χ2v) is 4.73. The molecule has 4 rings (SSSR count). The molecule has 0 unspecified atom stereocenters. The van der Waals surface area contributed by atoms with Crippen molar-refractivity contribution in [2.75, 3.05) is 0 Å². The molecule has 4 heteroatoms. The van der Waals surface area contributed by atoms with Crippen molar-refractivity contribution in [2.24, 2.45) is 0 Å². The van der Waals surface area contributed by atoms with Gasteiger partial charge in [-0.25, -0.2) is 9.78 Å². The number of H-pyrrole nitrogens is 1. The number of aromatic nitrogens is 2. The second-order valence-electron chi connectivity index (χ2n) is 4.73. The highest BCUT2D eigenvalue weighted by Crippen LogP contribution is 2.32. The lowest BCUT2D eigenvalue weighted by atomic mass is 10.1. The van der Waals surface area contributed by atoms with Crippen LogP contribution in [0.2, 0.25) is 0 Å². The van der Waals surface area contributed by atoms with Crippen LogP contribution in [0.5, 0.6) is 0 Å². The Bertz CT molecular complexity index is 940. The molecule has 4 nitrogen and oxygen atoms in total. The molecule has 0 aromatic heterocycles. The van der Waals surface area contributed by atoms with E-state index in [0.29, 0.717) is 5.39 Å². The molecule has 20 heavy (non-hydrogen) atoms. The highest BCUT2D eigenvalue weighted by Gasteiger charge is 2.16. The van der Waals surface area contributed by atoms with Gasteiger partial charge in [0.05, 0.1) is 22.5 Å². The molecule has 0 spiro atoms. The Morgan fingerprint density at radius 1 is 1.05 bits per heavy atom. The molecule has 0 saturated carbocycles. The monoisotopic (exact) mass is 262 g/mol.